The molecule has 0 aliphatic heterocycles. The van der Waals surface area contributed by atoms with E-state index in [9.17, 15) is 0 Å². The Bertz CT molecular complexity index is 846. The average molecular weight is 736 g/mol. The number of rotatable bonds is 21. The zero-order valence-electron chi connectivity index (χ0n) is 26.5. The van der Waals surface area contributed by atoms with Crippen molar-refractivity contribution in [3.63, 3.8) is 0 Å². The van der Waals surface area contributed by atoms with Gasteiger partial charge >= 0.3 is 248 Å². The van der Waals surface area contributed by atoms with E-state index in [0.717, 1.165) is 0 Å². The summed E-state index contributed by atoms with van der Waals surface area (Å²) in [6, 6.07) is 11.3. The standard InChI is InChI=1S/C10H8N2.6C4H9.2Sn/c1-9-7-8-12(11-9)10-5-3-2-4-6-10;6*1-3-4-2;;/h2-6H,1H3;6*1,3-4H2,2H3;;. The fourth-order valence-electron chi connectivity index (χ4n) is 6.98. The molecule has 0 amide bonds. The van der Waals surface area contributed by atoms with Crippen LogP contribution in [0.15, 0.2) is 30.3 Å². The van der Waals surface area contributed by atoms with Crippen molar-refractivity contribution >= 4 is 44.0 Å². The van der Waals surface area contributed by atoms with Gasteiger partial charge in [-0.05, 0) is 0 Å². The molecule has 0 aliphatic carbocycles. The molecule has 0 bridgehead atoms. The number of hydrogen-bond acceptors (Lipinski definition) is 1. The first kappa shape index (κ1) is 34.2. The van der Waals surface area contributed by atoms with Crippen LogP contribution in [0.25, 0.3) is 5.69 Å². The van der Waals surface area contributed by atoms with Crippen LogP contribution in [0.3, 0.4) is 0 Å². The zero-order chi connectivity index (χ0) is 27.9. The Hall–Kier alpha value is 0.0274. The Balaban J connectivity index is 2.98. The topological polar surface area (TPSA) is 17.8 Å². The van der Waals surface area contributed by atoms with Crippen LogP contribution in [-0.4, -0.2) is 46.5 Å². The summed E-state index contributed by atoms with van der Waals surface area (Å²) in [6.45, 7) is 17.0. The van der Waals surface area contributed by atoms with Crippen LogP contribution in [0.1, 0.15) is 124 Å². The second-order valence-corrected chi connectivity index (χ2v) is 38.2. The van der Waals surface area contributed by atoms with Crippen molar-refractivity contribution in [1.29, 1.82) is 0 Å². The Morgan fingerprint density at radius 2 is 0.921 bits per heavy atom. The molecule has 2 aromatic rings. The molecule has 0 atom stereocenters. The fourth-order valence-corrected chi connectivity index (χ4v) is 51.1. The van der Waals surface area contributed by atoms with Crippen LogP contribution in [0.4, 0.5) is 0 Å². The Morgan fingerprint density at radius 3 is 1.29 bits per heavy atom. The van der Waals surface area contributed by atoms with Crippen molar-refractivity contribution in [2.24, 2.45) is 0 Å². The first-order chi connectivity index (χ1) is 18.5. The summed E-state index contributed by atoms with van der Waals surface area (Å²) in [5.74, 6) is 0. The third-order valence-corrected chi connectivity index (χ3v) is 42.5. The van der Waals surface area contributed by atoms with Gasteiger partial charge in [-0.25, -0.2) is 0 Å². The van der Waals surface area contributed by atoms with E-state index in [-0.39, 0.29) is 0 Å². The van der Waals surface area contributed by atoms with E-state index in [2.05, 4.69) is 83.5 Å². The molecule has 0 unspecified atom stereocenters. The van der Waals surface area contributed by atoms with E-state index in [1.165, 1.54) is 102 Å². The fraction of sp³-hybridized carbons (Fsp3) is 0.735. The van der Waals surface area contributed by atoms with Gasteiger partial charge in [0.25, 0.3) is 0 Å². The second-order valence-electron chi connectivity index (χ2n) is 12.2. The van der Waals surface area contributed by atoms with Crippen LogP contribution in [0, 0.1) is 6.92 Å². The van der Waals surface area contributed by atoms with E-state index in [1.807, 2.05) is 7.29 Å². The Kier molecular flexibility index (Phi) is 16.6. The van der Waals surface area contributed by atoms with Gasteiger partial charge < -0.3 is 0 Å². The van der Waals surface area contributed by atoms with Gasteiger partial charge in [0.05, 0.1) is 0 Å². The molecule has 0 radical (unpaired) electrons. The predicted octanol–water partition coefficient (Wildman–Crippen LogP) is 10.3. The minimum absolute atomic E-state index is 1.33. The molecule has 216 valence electrons. The molecular weight excluding hydrogens is 674 g/mol. The van der Waals surface area contributed by atoms with Crippen LogP contribution < -0.4 is 7.29 Å². The van der Waals surface area contributed by atoms with Gasteiger partial charge in [-0.15, -0.1) is 0 Å². The van der Waals surface area contributed by atoms with Crippen molar-refractivity contribution < 1.29 is 0 Å². The number of nitrogens with zero attached hydrogens (tertiary/aromatic N) is 2. The van der Waals surface area contributed by atoms with Crippen molar-refractivity contribution in [3.05, 3.63) is 36.0 Å². The maximum atomic E-state index is 5.58. The third-order valence-electron chi connectivity index (χ3n) is 9.15. The molecule has 2 nitrogen and oxygen atoms in total. The molecule has 0 aliphatic rings. The molecule has 1 aromatic carbocycles. The van der Waals surface area contributed by atoms with Crippen LogP contribution in [0.2, 0.25) is 26.6 Å². The van der Waals surface area contributed by atoms with Gasteiger partial charge in [0.2, 0.25) is 0 Å². The molecule has 2 rings (SSSR count). The minimum atomic E-state index is -2.79. The second kappa shape index (κ2) is 18.5. The zero-order valence-corrected chi connectivity index (χ0v) is 32.2. The number of aromatic nitrogens is 2. The molecule has 0 spiro atoms. The van der Waals surface area contributed by atoms with Crippen molar-refractivity contribution in [3.8, 4) is 5.69 Å². The summed E-state index contributed by atoms with van der Waals surface area (Å²) in [5, 5.41) is 5.58. The summed E-state index contributed by atoms with van der Waals surface area (Å²) in [6.07, 6.45) is 16.6. The normalized spacial score (nSPS) is 12.4. The first-order valence-corrected chi connectivity index (χ1v) is 31.6. The summed E-state index contributed by atoms with van der Waals surface area (Å²) in [7, 11) is 0. The van der Waals surface area contributed by atoms with Crippen molar-refractivity contribution in [1.82, 2.24) is 9.78 Å². The molecule has 0 saturated heterocycles. The molecule has 0 fully saturated rings. The molecule has 1 aromatic heterocycles. The van der Waals surface area contributed by atoms with Crippen LogP contribution in [0.5, 0.6) is 0 Å². The van der Waals surface area contributed by atoms with Crippen molar-refractivity contribution in [2.75, 3.05) is 0 Å². The Labute approximate surface area is 245 Å². The average Bonchev–Trinajstić information content (AvgIpc) is 3.31. The third kappa shape index (κ3) is 9.01. The quantitative estimate of drug-likeness (QED) is 0.117. The van der Waals surface area contributed by atoms with E-state index in [0.29, 0.717) is 0 Å². The van der Waals surface area contributed by atoms with Gasteiger partial charge in [-0.3, -0.25) is 0 Å². The molecular formula is C34H62N2Sn2. The van der Waals surface area contributed by atoms with E-state index < -0.39 is 36.8 Å². The SMILES string of the molecule is CCC[CH2][Sn]([CH2]CCC)([CH2]CCC)[c]1c(C)nn(-c2ccccc2)[c]1[Sn]([CH2]CCC)([CH2]CCC)[CH2]CCC. The molecule has 1 heterocycles. The molecule has 38 heavy (non-hydrogen) atoms. The van der Waals surface area contributed by atoms with E-state index in [1.54, 1.807) is 13.3 Å². The summed E-state index contributed by atoms with van der Waals surface area (Å²) >= 11 is -5.50. The maximum absolute atomic E-state index is 5.58. The summed E-state index contributed by atoms with van der Waals surface area (Å²) < 4.78 is 15.7. The van der Waals surface area contributed by atoms with Crippen molar-refractivity contribution in [2.45, 2.75) is 152 Å². The van der Waals surface area contributed by atoms with E-state index >= 15 is 0 Å². The first-order valence-electron chi connectivity index (χ1n) is 16.6. The number of para-hydroxylation sites is 1. The number of hydrogen-bond donors (Lipinski definition) is 0. The van der Waals surface area contributed by atoms with Gasteiger partial charge in [-0.2, -0.15) is 0 Å². The monoisotopic (exact) mass is 738 g/mol. The molecule has 0 N–H and O–H groups in total. The number of benzene rings is 1. The Morgan fingerprint density at radius 1 is 0.553 bits per heavy atom. The molecule has 0 saturated carbocycles. The van der Waals surface area contributed by atoms with E-state index in [4.69, 9.17) is 5.10 Å². The summed E-state index contributed by atoms with van der Waals surface area (Å²) in [4.78, 5) is 0. The number of aryl methyl sites for hydroxylation is 1. The number of unbranched alkanes of at least 4 members (excludes halogenated alkanes) is 6. The predicted molar refractivity (Wildman–Crippen MR) is 177 cm³/mol. The van der Waals surface area contributed by atoms with Gasteiger partial charge in [-0.1, -0.05) is 0 Å². The van der Waals surface area contributed by atoms with Crippen LogP contribution in [-0.2, 0) is 0 Å². The summed E-state index contributed by atoms with van der Waals surface area (Å²) in [5.41, 5.74) is 2.79. The van der Waals surface area contributed by atoms with Gasteiger partial charge in [0, 0.05) is 0 Å². The molecule has 4 heteroatoms. The van der Waals surface area contributed by atoms with Gasteiger partial charge in [0.15, 0.2) is 0 Å². The van der Waals surface area contributed by atoms with Crippen LogP contribution >= 0.6 is 0 Å². The van der Waals surface area contributed by atoms with Gasteiger partial charge in [0.1, 0.15) is 0 Å².